The molecule has 78 heavy (non-hydrogen) atoms. The average molecular weight is 1090 g/mol. The van der Waals surface area contributed by atoms with E-state index >= 15 is 0 Å². The van der Waals surface area contributed by atoms with Crippen molar-refractivity contribution in [2.45, 2.75) is 172 Å². The standard InChI is InChI=1S/C54H87N13O11/c1-4-5-6-7-11-14-37(69)32-46(70)60-38(19-24-55)48(72)64-42-23-28-59-47(71)44(31-35-15-17-36(68)18-16-35)66-50(74)40(21-26-57)61-49(73)39(20-25-56)63-53(77)43(29-33(2)3)65-54(78)45(30-34-12-9-8-10-13-34)67-51(75)41(22-27-58)62-52(42)76/h8-10,12-13,15-18,33,37-45,68-69H,4-7,11,14,19-32,55-58H2,1-3H3,(H,59,71)(H,60,70)(H,61,73)(H,62,76)(H,63,77)(H,64,72)(H,65,78)(H,66,74)(H,67,75)/t37-,38-,39+,40+,41+,42+,43+,44+,45-/m1/s1. The Morgan fingerprint density at radius 2 is 1.06 bits per heavy atom. The molecule has 24 nitrogen and oxygen atoms in total. The number of nitrogens with one attached hydrogen (secondary N) is 9. The van der Waals surface area contributed by atoms with Crippen LogP contribution in [0.3, 0.4) is 0 Å². The second-order valence-corrected chi connectivity index (χ2v) is 20.2. The zero-order valence-electron chi connectivity index (χ0n) is 45.5. The van der Waals surface area contributed by atoms with Gasteiger partial charge in [0.15, 0.2) is 0 Å². The van der Waals surface area contributed by atoms with Gasteiger partial charge in [0.25, 0.3) is 0 Å². The van der Waals surface area contributed by atoms with Gasteiger partial charge in [-0.2, -0.15) is 0 Å². The van der Waals surface area contributed by atoms with Crippen LogP contribution >= 0.6 is 0 Å². The molecule has 9 atom stereocenters. The molecule has 0 aromatic heterocycles. The molecule has 0 aliphatic carbocycles. The van der Waals surface area contributed by atoms with E-state index in [0.29, 0.717) is 24.0 Å². The molecule has 1 fully saturated rings. The Labute approximate surface area is 457 Å². The van der Waals surface area contributed by atoms with Crippen molar-refractivity contribution in [1.29, 1.82) is 0 Å². The smallest absolute Gasteiger partial charge is 0.243 e. The second kappa shape index (κ2) is 35.6. The van der Waals surface area contributed by atoms with Crippen molar-refractivity contribution in [3.8, 4) is 5.75 Å². The van der Waals surface area contributed by atoms with E-state index in [0.717, 1.165) is 25.7 Å². The van der Waals surface area contributed by atoms with Crippen molar-refractivity contribution < 1.29 is 53.4 Å². The van der Waals surface area contributed by atoms with E-state index in [1.807, 2.05) is 13.8 Å². The van der Waals surface area contributed by atoms with Crippen LogP contribution in [0.25, 0.3) is 0 Å². The van der Waals surface area contributed by atoms with E-state index < -0.39 is 108 Å². The van der Waals surface area contributed by atoms with Crippen LogP contribution in [-0.2, 0) is 56.0 Å². The lowest BCUT2D eigenvalue weighted by molar-refractivity contribution is -0.136. The third kappa shape index (κ3) is 23.9. The van der Waals surface area contributed by atoms with Crippen LogP contribution in [0.5, 0.6) is 5.75 Å². The minimum Gasteiger partial charge on any atom is -0.508 e. The zero-order chi connectivity index (χ0) is 57.6. The first-order chi connectivity index (χ1) is 37.3. The van der Waals surface area contributed by atoms with Gasteiger partial charge in [-0.05, 0) is 100 Å². The Morgan fingerprint density at radius 3 is 1.59 bits per heavy atom. The predicted octanol–water partition coefficient (Wildman–Crippen LogP) is -1.87. The van der Waals surface area contributed by atoms with Crippen molar-refractivity contribution in [1.82, 2.24) is 47.9 Å². The highest BCUT2D eigenvalue weighted by Crippen LogP contribution is 2.14. The van der Waals surface area contributed by atoms with Gasteiger partial charge in [-0.3, -0.25) is 43.2 Å². The molecule has 9 amide bonds. The quantitative estimate of drug-likeness (QED) is 0.0485. The molecule has 0 radical (unpaired) electrons. The highest BCUT2D eigenvalue weighted by atomic mass is 16.3. The molecule has 0 unspecified atom stereocenters. The number of rotatable bonds is 25. The largest absolute Gasteiger partial charge is 0.508 e. The number of aliphatic hydroxyl groups excluding tert-OH is 1. The molecule has 1 aliphatic heterocycles. The number of hydrogen-bond donors (Lipinski definition) is 15. The number of aromatic hydroxyl groups is 1. The van der Waals surface area contributed by atoms with E-state index in [1.165, 1.54) is 24.3 Å². The lowest BCUT2D eigenvalue weighted by atomic mass is 10.00. The molecule has 1 aliphatic rings. The summed E-state index contributed by atoms with van der Waals surface area (Å²) in [7, 11) is 0. The van der Waals surface area contributed by atoms with Gasteiger partial charge in [-0.25, -0.2) is 0 Å². The first kappa shape index (κ1) is 65.6. The number of benzene rings is 2. The summed E-state index contributed by atoms with van der Waals surface area (Å²) in [6.07, 6.45) is 2.95. The summed E-state index contributed by atoms with van der Waals surface area (Å²) in [6, 6.07) is 3.74. The van der Waals surface area contributed by atoms with Crippen molar-refractivity contribution in [2.75, 3.05) is 32.7 Å². The van der Waals surface area contributed by atoms with Crippen LogP contribution in [0, 0.1) is 5.92 Å². The summed E-state index contributed by atoms with van der Waals surface area (Å²) in [5.41, 5.74) is 24.8. The highest BCUT2D eigenvalue weighted by Gasteiger charge is 2.35. The number of unbranched alkanes of at least 4 members (excludes halogenated alkanes) is 4. The third-order valence-corrected chi connectivity index (χ3v) is 13.1. The van der Waals surface area contributed by atoms with E-state index in [4.69, 9.17) is 22.9 Å². The summed E-state index contributed by atoms with van der Waals surface area (Å²) < 4.78 is 0. The van der Waals surface area contributed by atoms with Crippen LogP contribution in [0.4, 0.5) is 0 Å². The molecule has 3 rings (SSSR count). The fraction of sp³-hybridized carbons (Fsp3) is 0.611. The number of aliphatic hydroxyl groups is 1. The lowest BCUT2D eigenvalue weighted by Crippen LogP contribution is -2.61. The molecule has 0 spiro atoms. The monoisotopic (exact) mass is 1090 g/mol. The summed E-state index contributed by atoms with van der Waals surface area (Å²) in [4.78, 5) is 127. The van der Waals surface area contributed by atoms with Crippen molar-refractivity contribution in [2.24, 2.45) is 28.9 Å². The van der Waals surface area contributed by atoms with E-state index in [9.17, 15) is 53.4 Å². The summed E-state index contributed by atoms with van der Waals surface area (Å²) >= 11 is 0. The topological polar surface area (TPSA) is 406 Å². The Hall–Kier alpha value is -6.73. The first-order valence-electron chi connectivity index (χ1n) is 27.3. The molecule has 24 heteroatoms. The molecule has 19 N–H and O–H groups in total. The number of nitrogens with two attached hydrogens (primary N) is 4. The summed E-state index contributed by atoms with van der Waals surface area (Å²) in [5.74, 6) is -7.41. The molecule has 2 aromatic carbocycles. The van der Waals surface area contributed by atoms with E-state index in [2.05, 4.69) is 54.8 Å². The number of phenolic OH excluding ortho intramolecular Hbond substituents is 1. The summed E-state index contributed by atoms with van der Waals surface area (Å²) in [5, 5.41) is 44.6. The molecule has 434 valence electrons. The van der Waals surface area contributed by atoms with Crippen LogP contribution < -0.4 is 70.8 Å². The van der Waals surface area contributed by atoms with Gasteiger partial charge in [0.1, 0.15) is 54.1 Å². The van der Waals surface area contributed by atoms with Gasteiger partial charge in [0, 0.05) is 19.4 Å². The van der Waals surface area contributed by atoms with Crippen LogP contribution in [0.15, 0.2) is 54.6 Å². The van der Waals surface area contributed by atoms with Crippen LogP contribution in [-0.4, -0.2) is 151 Å². The van der Waals surface area contributed by atoms with Gasteiger partial charge in [0.05, 0.1) is 12.5 Å². The molecule has 0 saturated carbocycles. The Bertz CT molecular complexity index is 2220. The fourth-order valence-corrected chi connectivity index (χ4v) is 8.77. The molecule has 2 aromatic rings. The number of hydrogen-bond acceptors (Lipinski definition) is 15. The Kier molecular flexibility index (Phi) is 30.0. The molecule has 1 saturated heterocycles. The number of amides is 9. The maximum absolute atomic E-state index is 14.5. The Morgan fingerprint density at radius 1 is 0.590 bits per heavy atom. The van der Waals surface area contributed by atoms with Gasteiger partial charge >= 0.3 is 0 Å². The zero-order valence-corrected chi connectivity index (χ0v) is 45.5. The van der Waals surface area contributed by atoms with Crippen LogP contribution in [0.2, 0.25) is 0 Å². The van der Waals surface area contributed by atoms with E-state index in [-0.39, 0.29) is 102 Å². The number of carbonyl (C=O) groups is 9. The van der Waals surface area contributed by atoms with Crippen molar-refractivity contribution in [3.63, 3.8) is 0 Å². The minimum absolute atomic E-state index is 0.0586. The Balaban J connectivity index is 2.13. The highest BCUT2D eigenvalue weighted by molar-refractivity contribution is 5.98. The van der Waals surface area contributed by atoms with E-state index in [1.54, 1.807) is 30.3 Å². The fourth-order valence-electron chi connectivity index (χ4n) is 8.77. The van der Waals surface area contributed by atoms with Crippen molar-refractivity contribution >= 4 is 53.2 Å². The number of carbonyl (C=O) groups excluding carboxylic acids is 9. The molecular weight excluding hydrogens is 1010 g/mol. The van der Waals surface area contributed by atoms with Gasteiger partial charge in [-0.1, -0.05) is 95.3 Å². The first-order valence-corrected chi connectivity index (χ1v) is 27.3. The summed E-state index contributed by atoms with van der Waals surface area (Å²) in [6.45, 7) is 5.02. The van der Waals surface area contributed by atoms with Gasteiger partial charge < -0.3 is 81.0 Å². The maximum Gasteiger partial charge on any atom is 0.243 e. The normalized spacial score (nSPS) is 22.3. The molecular formula is C54H87N13O11. The second-order valence-electron chi connectivity index (χ2n) is 20.2. The average Bonchev–Trinajstić information content (AvgIpc) is 3.40. The molecule has 0 bridgehead atoms. The van der Waals surface area contributed by atoms with Gasteiger partial charge in [-0.15, -0.1) is 0 Å². The van der Waals surface area contributed by atoms with Gasteiger partial charge in [0.2, 0.25) is 53.2 Å². The SMILES string of the molecule is CCCCCCC[C@@H](O)CC(=O)N[C@H](CCN)C(=O)N[C@H]1CCNC(=O)[C@H](Cc2ccc(O)cc2)NC(=O)[C@H](CCN)NC(=O)[C@H](CCN)NC(=O)[C@H](CC(C)C)NC(=O)[C@@H](Cc2ccccc2)NC(=O)[C@H](CCN)NC1=O. The lowest BCUT2D eigenvalue weighted by Gasteiger charge is -2.28. The van der Waals surface area contributed by atoms with Crippen LogP contribution in [0.1, 0.15) is 115 Å². The predicted molar refractivity (Wildman–Crippen MR) is 293 cm³/mol. The number of phenols is 1. The minimum atomic E-state index is -1.52. The molecule has 1 heterocycles. The van der Waals surface area contributed by atoms with Crippen molar-refractivity contribution in [3.05, 3.63) is 65.7 Å². The maximum atomic E-state index is 14.5. The third-order valence-electron chi connectivity index (χ3n) is 13.1.